The van der Waals surface area contributed by atoms with Crippen molar-refractivity contribution in [3.05, 3.63) is 58.2 Å². The Balaban J connectivity index is 1.91. The van der Waals surface area contributed by atoms with Crippen LogP contribution in [-0.2, 0) is 13.7 Å². The van der Waals surface area contributed by atoms with Gasteiger partial charge in [-0.05, 0) is 18.2 Å². The zero-order valence-corrected chi connectivity index (χ0v) is 12.7. The lowest BCUT2D eigenvalue weighted by Gasteiger charge is -2.07. The van der Waals surface area contributed by atoms with Gasteiger partial charge >= 0.3 is 0 Å². The summed E-state index contributed by atoms with van der Waals surface area (Å²) in [5.74, 6) is -2.10. The highest BCUT2D eigenvalue weighted by Gasteiger charge is 2.13. The van der Waals surface area contributed by atoms with Gasteiger partial charge in [0.25, 0.3) is 0 Å². The molecule has 0 aliphatic heterocycles. The first-order valence-electron chi connectivity index (χ1n) is 6.24. The number of para-hydroxylation sites is 1. The third kappa shape index (κ3) is 2.63. The molecule has 0 atom stereocenters. The van der Waals surface area contributed by atoms with Crippen LogP contribution in [0.2, 0.25) is 0 Å². The fourth-order valence-corrected chi connectivity index (χ4v) is 2.59. The SMILES string of the molecule is Cn1nc(COc2cc(Br)cc(F)c2F)c2ccccc21. The highest BCUT2D eigenvalue weighted by Crippen LogP contribution is 2.27. The smallest absolute Gasteiger partial charge is 0.200 e. The van der Waals surface area contributed by atoms with Crippen molar-refractivity contribution in [2.45, 2.75) is 6.61 Å². The van der Waals surface area contributed by atoms with E-state index in [-0.39, 0.29) is 12.4 Å². The van der Waals surface area contributed by atoms with E-state index in [1.54, 1.807) is 4.68 Å². The van der Waals surface area contributed by atoms with E-state index in [2.05, 4.69) is 21.0 Å². The normalized spacial score (nSPS) is 11.0. The summed E-state index contributed by atoms with van der Waals surface area (Å²) in [4.78, 5) is 0. The van der Waals surface area contributed by atoms with Crippen molar-refractivity contribution in [1.29, 1.82) is 0 Å². The molecule has 0 N–H and O–H groups in total. The fraction of sp³-hybridized carbons (Fsp3) is 0.133. The lowest BCUT2D eigenvalue weighted by Crippen LogP contribution is -2.01. The maximum atomic E-state index is 13.7. The molecule has 0 bridgehead atoms. The van der Waals surface area contributed by atoms with Crippen molar-refractivity contribution in [2.75, 3.05) is 0 Å². The molecule has 0 spiro atoms. The summed E-state index contributed by atoms with van der Waals surface area (Å²) in [6.07, 6.45) is 0. The molecule has 3 aromatic rings. The Morgan fingerprint density at radius 1 is 1.24 bits per heavy atom. The Labute approximate surface area is 128 Å². The molecule has 0 aliphatic rings. The molecule has 2 aromatic carbocycles. The molecule has 0 unspecified atom stereocenters. The number of ether oxygens (including phenoxy) is 1. The Kier molecular flexibility index (Phi) is 3.63. The first-order chi connectivity index (χ1) is 10.1. The monoisotopic (exact) mass is 352 g/mol. The van der Waals surface area contributed by atoms with Crippen molar-refractivity contribution >= 4 is 26.8 Å². The van der Waals surface area contributed by atoms with Crippen molar-refractivity contribution in [3.8, 4) is 5.75 Å². The molecule has 6 heteroatoms. The first-order valence-corrected chi connectivity index (χ1v) is 7.03. The lowest BCUT2D eigenvalue weighted by atomic mass is 10.2. The molecule has 0 saturated heterocycles. The second-order valence-corrected chi connectivity index (χ2v) is 5.49. The Hall–Kier alpha value is -1.95. The number of hydrogen-bond donors (Lipinski definition) is 0. The van der Waals surface area contributed by atoms with Gasteiger partial charge in [0.15, 0.2) is 11.6 Å². The predicted octanol–water partition coefficient (Wildman–Crippen LogP) is 4.19. The Bertz CT molecular complexity index is 817. The van der Waals surface area contributed by atoms with Crippen molar-refractivity contribution in [3.63, 3.8) is 0 Å². The van der Waals surface area contributed by atoms with Gasteiger partial charge in [-0.2, -0.15) is 9.49 Å². The molecule has 0 saturated carbocycles. The van der Waals surface area contributed by atoms with Crippen LogP contribution in [0.15, 0.2) is 40.9 Å². The van der Waals surface area contributed by atoms with Crippen molar-refractivity contribution < 1.29 is 13.5 Å². The summed E-state index contributed by atoms with van der Waals surface area (Å²) in [5.41, 5.74) is 1.63. The van der Waals surface area contributed by atoms with E-state index < -0.39 is 11.6 Å². The number of aromatic nitrogens is 2. The standard InChI is InChI=1S/C15H11BrF2N2O/c1-20-13-5-3-2-4-10(13)12(19-20)8-21-14-7-9(16)6-11(17)15(14)18/h2-7H,8H2,1H3. The van der Waals surface area contributed by atoms with E-state index in [1.165, 1.54) is 6.07 Å². The minimum absolute atomic E-state index is 0.0637. The summed E-state index contributed by atoms with van der Waals surface area (Å²) < 4.78 is 34.5. The van der Waals surface area contributed by atoms with Gasteiger partial charge in [0.2, 0.25) is 5.82 Å². The molecule has 0 radical (unpaired) electrons. The van der Waals surface area contributed by atoms with Crippen LogP contribution in [0.5, 0.6) is 5.75 Å². The fourth-order valence-electron chi connectivity index (χ4n) is 2.18. The number of halogens is 3. The van der Waals surface area contributed by atoms with Crippen LogP contribution in [-0.4, -0.2) is 9.78 Å². The van der Waals surface area contributed by atoms with Crippen LogP contribution in [0, 0.1) is 11.6 Å². The summed E-state index contributed by atoms with van der Waals surface area (Å²) in [5, 5.41) is 5.27. The zero-order chi connectivity index (χ0) is 15.0. The van der Waals surface area contributed by atoms with Crippen LogP contribution in [0.4, 0.5) is 8.78 Å². The zero-order valence-electron chi connectivity index (χ0n) is 11.1. The molecule has 0 amide bonds. The summed E-state index contributed by atoms with van der Waals surface area (Å²) in [7, 11) is 1.82. The van der Waals surface area contributed by atoms with Crippen molar-refractivity contribution in [1.82, 2.24) is 9.78 Å². The van der Waals surface area contributed by atoms with E-state index >= 15 is 0 Å². The van der Waals surface area contributed by atoms with Crippen molar-refractivity contribution in [2.24, 2.45) is 7.05 Å². The maximum Gasteiger partial charge on any atom is 0.200 e. The average molecular weight is 353 g/mol. The van der Waals surface area contributed by atoms with E-state index in [1.807, 2.05) is 31.3 Å². The highest BCUT2D eigenvalue weighted by atomic mass is 79.9. The van der Waals surface area contributed by atoms with Crippen LogP contribution in [0.1, 0.15) is 5.69 Å². The van der Waals surface area contributed by atoms with Crippen LogP contribution in [0.3, 0.4) is 0 Å². The van der Waals surface area contributed by atoms with E-state index in [4.69, 9.17) is 4.74 Å². The Morgan fingerprint density at radius 3 is 2.81 bits per heavy atom. The third-order valence-corrected chi connectivity index (χ3v) is 3.62. The number of hydrogen-bond acceptors (Lipinski definition) is 2. The molecule has 1 heterocycles. The van der Waals surface area contributed by atoms with Gasteiger partial charge in [-0.1, -0.05) is 34.1 Å². The second kappa shape index (κ2) is 5.44. The molecule has 0 fully saturated rings. The number of rotatable bonds is 3. The first kappa shape index (κ1) is 14.0. The third-order valence-electron chi connectivity index (χ3n) is 3.16. The molecule has 108 valence electrons. The van der Waals surface area contributed by atoms with Gasteiger partial charge in [0.05, 0.1) is 5.52 Å². The number of benzene rings is 2. The van der Waals surface area contributed by atoms with Gasteiger partial charge in [-0.3, -0.25) is 4.68 Å². The van der Waals surface area contributed by atoms with E-state index in [9.17, 15) is 8.78 Å². The molecular weight excluding hydrogens is 342 g/mol. The van der Waals surface area contributed by atoms with E-state index in [0.717, 1.165) is 17.0 Å². The summed E-state index contributed by atoms with van der Waals surface area (Å²) in [6.45, 7) is 0.0637. The quantitative estimate of drug-likeness (QED) is 0.660. The van der Waals surface area contributed by atoms with E-state index in [0.29, 0.717) is 10.2 Å². The van der Waals surface area contributed by atoms with Crippen LogP contribution >= 0.6 is 15.9 Å². The number of fused-ring (bicyclic) bond motifs is 1. The van der Waals surface area contributed by atoms with Crippen LogP contribution in [0.25, 0.3) is 10.9 Å². The van der Waals surface area contributed by atoms with Gasteiger partial charge in [-0.25, -0.2) is 4.39 Å². The van der Waals surface area contributed by atoms with Gasteiger partial charge in [0.1, 0.15) is 12.3 Å². The van der Waals surface area contributed by atoms with Gasteiger partial charge < -0.3 is 4.74 Å². The van der Waals surface area contributed by atoms with Crippen LogP contribution < -0.4 is 4.74 Å². The highest BCUT2D eigenvalue weighted by molar-refractivity contribution is 9.10. The summed E-state index contributed by atoms with van der Waals surface area (Å²) in [6, 6.07) is 10.1. The minimum atomic E-state index is -1.00. The molecular formula is C15H11BrF2N2O. The van der Waals surface area contributed by atoms with Gasteiger partial charge in [-0.15, -0.1) is 0 Å². The molecule has 1 aromatic heterocycles. The minimum Gasteiger partial charge on any atom is -0.484 e. The topological polar surface area (TPSA) is 27.1 Å². The molecule has 0 aliphatic carbocycles. The molecule has 21 heavy (non-hydrogen) atoms. The second-order valence-electron chi connectivity index (χ2n) is 4.58. The lowest BCUT2D eigenvalue weighted by molar-refractivity contribution is 0.280. The number of nitrogens with zero attached hydrogens (tertiary/aromatic N) is 2. The summed E-state index contributed by atoms with van der Waals surface area (Å²) >= 11 is 3.11. The molecule has 3 rings (SSSR count). The average Bonchev–Trinajstić information content (AvgIpc) is 2.78. The largest absolute Gasteiger partial charge is 0.484 e. The number of aryl methyl sites for hydroxylation is 1. The predicted molar refractivity (Wildman–Crippen MR) is 79.1 cm³/mol. The molecule has 3 nitrogen and oxygen atoms in total. The Morgan fingerprint density at radius 2 is 2.00 bits per heavy atom. The maximum absolute atomic E-state index is 13.7. The van der Waals surface area contributed by atoms with Gasteiger partial charge in [0, 0.05) is 16.9 Å².